The predicted molar refractivity (Wildman–Crippen MR) is 116 cm³/mol. The maximum Gasteiger partial charge on any atom is 0.237 e. The molecule has 1 aromatic heterocycles. The third-order valence-corrected chi connectivity index (χ3v) is 5.21. The highest BCUT2D eigenvalue weighted by Gasteiger charge is 2.18. The van der Waals surface area contributed by atoms with Crippen LogP contribution in [0.4, 0.5) is 5.69 Å². The SMILES string of the molecule is Cc1ccc(-c2nc(SCC(=O)N(CCC#N)c3cc(C)cc(C)c3)n[nH]2)cc1. The fourth-order valence-electron chi connectivity index (χ4n) is 3.02. The molecule has 3 aromatic rings. The minimum Gasteiger partial charge on any atom is -0.311 e. The fourth-order valence-corrected chi connectivity index (χ4v) is 3.70. The van der Waals surface area contributed by atoms with E-state index in [1.54, 1.807) is 4.90 Å². The summed E-state index contributed by atoms with van der Waals surface area (Å²) in [7, 11) is 0. The van der Waals surface area contributed by atoms with Crippen molar-refractivity contribution in [3.63, 3.8) is 0 Å². The number of nitrogens with one attached hydrogen (secondary N) is 1. The lowest BCUT2D eigenvalue weighted by molar-refractivity contribution is -0.116. The molecule has 0 aliphatic carbocycles. The summed E-state index contributed by atoms with van der Waals surface area (Å²) >= 11 is 1.28. The van der Waals surface area contributed by atoms with Crippen molar-refractivity contribution in [2.75, 3.05) is 17.2 Å². The first kappa shape index (κ1) is 20.6. The molecule has 0 fully saturated rings. The van der Waals surface area contributed by atoms with Gasteiger partial charge >= 0.3 is 0 Å². The number of thioether (sulfide) groups is 1. The zero-order valence-electron chi connectivity index (χ0n) is 16.8. The lowest BCUT2D eigenvalue weighted by Gasteiger charge is -2.22. The third-order valence-electron chi connectivity index (χ3n) is 4.38. The molecule has 0 unspecified atom stereocenters. The molecule has 29 heavy (non-hydrogen) atoms. The van der Waals surface area contributed by atoms with Crippen molar-refractivity contribution in [1.29, 1.82) is 5.26 Å². The highest BCUT2D eigenvalue weighted by molar-refractivity contribution is 7.99. The number of H-pyrrole nitrogens is 1. The Bertz CT molecular complexity index is 1020. The molecule has 0 atom stereocenters. The van der Waals surface area contributed by atoms with E-state index >= 15 is 0 Å². The number of aromatic amines is 1. The number of aromatic nitrogens is 3. The normalized spacial score (nSPS) is 10.6. The van der Waals surface area contributed by atoms with E-state index in [4.69, 9.17) is 5.26 Å². The van der Waals surface area contributed by atoms with Crippen LogP contribution in [0.2, 0.25) is 0 Å². The Morgan fingerprint density at radius 3 is 2.45 bits per heavy atom. The van der Waals surface area contributed by atoms with Crippen LogP contribution in [-0.2, 0) is 4.79 Å². The number of anilines is 1. The predicted octanol–water partition coefficient (Wildman–Crippen LogP) is 4.44. The molecular formula is C22H23N5OS. The number of rotatable bonds is 7. The second-order valence-electron chi connectivity index (χ2n) is 6.92. The highest BCUT2D eigenvalue weighted by Crippen LogP contribution is 2.23. The number of nitriles is 1. The molecule has 0 radical (unpaired) electrons. The molecule has 0 saturated carbocycles. The Balaban J connectivity index is 1.70. The topological polar surface area (TPSA) is 85.7 Å². The quantitative estimate of drug-likeness (QED) is 0.588. The van der Waals surface area contributed by atoms with E-state index in [1.807, 2.05) is 57.2 Å². The number of hydrogen-bond donors (Lipinski definition) is 1. The van der Waals surface area contributed by atoms with Gasteiger partial charge in [-0.2, -0.15) is 5.26 Å². The van der Waals surface area contributed by atoms with Crippen molar-refractivity contribution in [2.24, 2.45) is 0 Å². The van der Waals surface area contributed by atoms with Gasteiger partial charge in [0.1, 0.15) is 0 Å². The number of carbonyl (C=O) groups excluding carboxylic acids is 1. The standard InChI is InChI=1S/C22H23N5OS/c1-15-5-7-18(8-6-15)21-24-22(26-25-21)29-14-20(28)27(10-4-9-23)19-12-16(2)11-17(3)13-19/h5-8,11-13H,4,10,14H2,1-3H3,(H,24,25,26). The minimum atomic E-state index is -0.0723. The van der Waals surface area contributed by atoms with E-state index in [9.17, 15) is 4.79 Å². The van der Waals surface area contributed by atoms with Gasteiger partial charge in [-0.15, -0.1) is 5.10 Å². The molecule has 148 valence electrons. The van der Waals surface area contributed by atoms with E-state index < -0.39 is 0 Å². The summed E-state index contributed by atoms with van der Waals surface area (Å²) in [6, 6.07) is 16.1. The second-order valence-corrected chi connectivity index (χ2v) is 7.86. The molecule has 2 aromatic carbocycles. The van der Waals surface area contributed by atoms with Crippen LogP contribution < -0.4 is 4.90 Å². The van der Waals surface area contributed by atoms with Gasteiger partial charge in [0.2, 0.25) is 11.1 Å². The molecule has 0 bridgehead atoms. The number of aryl methyl sites for hydroxylation is 3. The van der Waals surface area contributed by atoms with Crippen LogP contribution in [0.1, 0.15) is 23.1 Å². The van der Waals surface area contributed by atoms with Crippen molar-refractivity contribution in [1.82, 2.24) is 15.2 Å². The molecule has 1 heterocycles. The minimum absolute atomic E-state index is 0.0723. The van der Waals surface area contributed by atoms with E-state index in [0.717, 1.165) is 22.4 Å². The number of nitrogens with zero attached hydrogens (tertiary/aromatic N) is 4. The van der Waals surface area contributed by atoms with Crippen LogP contribution in [0.15, 0.2) is 47.6 Å². The van der Waals surface area contributed by atoms with Crippen molar-refractivity contribution in [3.05, 3.63) is 59.2 Å². The maximum absolute atomic E-state index is 12.9. The molecule has 1 N–H and O–H groups in total. The largest absolute Gasteiger partial charge is 0.311 e. The molecule has 7 heteroatoms. The molecule has 1 amide bonds. The third kappa shape index (κ3) is 5.46. The first-order chi connectivity index (χ1) is 14.0. The Kier molecular flexibility index (Phi) is 6.68. The van der Waals surface area contributed by atoms with E-state index in [-0.39, 0.29) is 18.1 Å². The lowest BCUT2D eigenvalue weighted by Crippen LogP contribution is -2.33. The zero-order valence-corrected chi connectivity index (χ0v) is 17.6. The Labute approximate surface area is 175 Å². The summed E-state index contributed by atoms with van der Waals surface area (Å²) in [5, 5.41) is 16.6. The summed E-state index contributed by atoms with van der Waals surface area (Å²) in [6.45, 7) is 6.39. The lowest BCUT2D eigenvalue weighted by atomic mass is 10.1. The Morgan fingerprint density at radius 2 is 1.79 bits per heavy atom. The van der Waals surface area contributed by atoms with Gasteiger partial charge in [0.05, 0.1) is 18.2 Å². The van der Waals surface area contributed by atoms with Crippen LogP contribution in [-0.4, -0.2) is 33.4 Å². The molecule has 0 aliphatic rings. The number of benzene rings is 2. The molecular weight excluding hydrogens is 382 g/mol. The van der Waals surface area contributed by atoms with Gasteiger partial charge in [-0.3, -0.25) is 9.89 Å². The Hall–Kier alpha value is -3.11. The average Bonchev–Trinajstić information content (AvgIpc) is 3.15. The van der Waals surface area contributed by atoms with Gasteiger partial charge in [-0.1, -0.05) is 47.7 Å². The van der Waals surface area contributed by atoms with Crippen LogP contribution >= 0.6 is 11.8 Å². The fraction of sp³-hybridized carbons (Fsp3) is 0.273. The summed E-state index contributed by atoms with van der Waals surface area (Å²) in [6.07, 6.45) is 0.279. The maximum atomic E-state index is 12.9. The van der Waals surface area contributed by atoms with Gasteiger partial charge in [-0.25, -0.2) is 4.98 Å². The first-order valence-electron chi connectivity index (χ1n) is 9.34. The van der Waals surface area contributed by atoms with E-state index in [1.165, 1.54) is 17.3 Å². The van der Waals surface area contributed by atoms with Gasteiger partial charge in [0, 0.05) is 17.8 Å². The molecule has 6 nitrogen and oxygen atoms in total. The van der Waals surface area contributed by atoms with Gasteiger partial charge in [0.15, 0.2) is 5.82 Å². The number of amides is 1. The summed E-state index contributed by atoms with van der Waals surface area (Å²) in [4.78, 5) is 19.0. The first-order valence-corrected chi connectivity index (χ1v) is 10.3. The molecule has 0 spiro atoms. The van der Waals surface area contributed by atoms with Crippen LogP contribution in [0.3, 0.4) is 0 Å². The van der Waals surface area contributed by atoms with Gasteiger partial charge < -0.3 is 4.90 Å². The summed E-state index contributed by atoms with van der Waals surface area (Å²) in [5.74, 6) is 0.802. The van der Waals surface area contributed by atoms with Crippen LogP contribution in [0, 0.1) is 32.1 Å². The smallest absolute Gasteiger partial charge is 0.237 e. The van der Waals surface area contributed by atoms with E-state index in [0.29, 0.717) is 17.5 Å². The average molecular weight is 406 g/mol. The highest BCUT2D eigenvalue weighted by atomic mass is 32.2. The Morgan fingerprint density at radius 1 is 1.10 bits per heavy atom. The molecule has 0 aliphatic heterocycles. The second kappa shape index (κ2) is 9.39. The number of carbonyl (C=O) groups is 1. The van der Waals surface area contributed by atoms with Crippen molar-refractivity contribution < 1.29 is 4.79 Å². The summed E-state index contributed by atoms with van der Waals surface area (Å²) < 4.78 is 0. The van der Waals surface area contributed by atoms with Gasteiger partial charge in [0.25, 0.3) is 0 Å². The monoisotopic (exact) mass is 405 g/mol. The number of hydrogen-bond acceptors (Lipinski definition) is 5. The molecule has 3 rings (SSSR count). The van der Waals surface area contributed by atoms with Crippen LogP contribution in [0.5, 0.6) is 0 Å². The van der Waals surface area contributed by atoms with Gasteiger partial charge in [-0.05, 0) is 44.0 Å². The van der Waals surface area contributed by atoms with Crippen molar-refractivity contribution >= 4 is 23.4 Å². The van der Waals surface area contributed by atoms with Crippen molar-refractivity contribution in [3.8, 4) is 17.5 Å². The van der Waals surface area contributed by atoms with Crippen molar-refractivity contribution in [2.45, 2.75) is 32.3 Å². The zero-order chi connectivity index (χ0) is 20.8. The molecule has 0 saturated heterocycles. The van der Waals surface area contributed by atoms with E-state index in [2.05, 4.69) is 27.3 Å². The summed E-state index contributed by atoms with van der Waals surface area (Å²) in [5.41, 5.74) is 5.11. The van der Waals surface area contributed by atoms with Crippen LogP contribution in [0.25, 0.3) is 11.4 Å².